The molecule has 2 aromatic rings. The van der Waals surface area contributed by atoms with Crippen LogP contribution in [0.2, 0.25) is 0 Å². The molecule has 2 aromatic carbocycles. The van der Waals surface area contributed by atoms with E-state index >= 15 is 0 Å². The Morgan fingerprint density at radius 2 is 1.82 bits per heavy atom. The summed E-state index contributed by atoms with van der Waals surface area (Å²) >= 11 is 0. The van der Waals surface area contributed by atoms with E-state index in [2.05, 4.69) is 54.7 Å². The zero-order chi connectivity index (χ0) is 11.7. The summed E-state index contributed by atoms with van der Waals surface area (Å²) in [5.74, 6) is 0. The average molecular weight is 225 g/mol. The molecule has 88 valence electrons. The monoisotopic (exact) mass is 225 g/mol. The van der Waals surface area contributed by atoms with Gasteiger partial charge in [0.15, 0.2) is 0 Å². The maximum Gasteiger partial charge on any atom is 0.00233 e. The molecule has 0 aromatic heterocycles. The number of hydrogen-bond acceptors (Lipinski definition) is 1. The second-order valence-electron chi connectivity index (χ2n) is 5.27. The molecule has 0 spiro atoms. The number of benzene rings is 2. The highest BCUT2D eigenvalue weighted by Gasteiger charge is 2.35. The first-order valence-corrected chi connectivity index (χ1v) is 6.50. The van der Waals surface area contributed by atoms with Crippen molar-refractivity contribution < 1.29 is 0 Å². The summed E-state index contributed by atoms with van der Waals surface area (Å²) in [6.45, 7) is 4.66. The highest BCUT2D eigenvalue weighted by molar-refractivity contribution is 5.85. The number of fused-ring (bicyclic) bond motifs is 1. The van der Waals surface area contributed by atoms with Crippen LogP contribution in [-0.2, 0) is 6.42 Å². The van der Waals surface area contributed by atoms with Gasteiger partial charge >= 0.3 is 0 Å². The minimum absolute atomic E-state index is 0.504. The van der Waals surface area contributed by atoms with Gasteiger partial charge in [-0.25, -0.2) is 0 Å². The van der Waals surface area contributed by atoms with Crippen molar-refractivity contribution in [2.24, 2.45) is 5.41 Å². The molecule has 0 aliphatic carbocycles. The lowest BCUT2D eigenvalue weighted by atomic mass is 9.73. The minimum Gasteiger partial charge on any atom is -0.316 e. The molecule has 0 radical (unpaired) electrons. The molecule has 3 rings (SSSR count). The van der Waals surface area contributed by atoms with Gasteiger partial charge in [0.25, 0.3) is 0 Å². The molecular weight excluding hydrogens is 206 g/mol. The van der Waals surface area contributed by atoms with E-state index in [-0.39, 0.29) is 0 Å². The van der Waals surface area contributed by atoms with E-state index in [1.54, 1.807) is 0 Å². The van der Waals surface area contributed by atoms with E-state index in [0.29, 0.717) is 5.41 Å². The molecule has 17 heavy (non-hydrogen) atoms. The third-order valence-corrected chi connectivity index (χ3v) is 4.20. The van der Waals surface area contributed by atoms with Crippen LogP contribution >= 0.6 is 0 Å². The molecule has 1 fully saturated rings. The van der Waals surface area contributed by atoms with Gasteiger partial charge in [0.05, 0.1) is 0 Å². The number of nitrogens with one attached hydrogen (secondary N) is 1. The van der Waals surface area contributed by atoms with Crippen molar-refractivity contribution in [2.75, 3.05) is 13.1 Å². The van der Waals surface area contributed by atoms with Crippen molar-refractivity contribution in [1.29, 1.82) is 0 Å². The first-order chi connectivity index (χ1) is 8.33. The van der Waals surface area contributed by atoms with Crippen LogP contribution in [-0.4, -0.2) is 13.1 Å². The van der Waals surface area contributed by atoms with Crippen molar-refractivity contribution in [3.8, 4) is 0 Å². The summed E-state index contributed by atoms with van der Waals surface area (Å²) in [6, 6.07) is 15.4. The molecule has 0 unspecified atom stereocenters. The lowest BCUT2D eigenvalue weighted by molar-refractivity contribution is 0.161. The van der Waals surface area contributed by atoms with Crippen molar-refractivity contribution in [2.45, 2.75) is 19.8 Å². The first-order valence-electron chi connectivity index (χ1n) is 6.50. The van der Waals surface area contributed by atoms with E-state index in [1.807, 2.05) is 0 Å². The van der Waals surface area contributed by atoms with Gasteiger partial charge in [0.1, 0.15) is 0 Å². The largest absolute Gasteiger partial charge is 0.316 e. The van der Waals surface area contributed by atoms with Crippen molar-refractivity contribution in [1.82, 2.24) is 5.32 Å². The van der Waals surface area contributed by atoms with Crippen LogP contribution in [0.25, 0.3) is 10.8 Å². The van der Waals surface area contributed by atoms with Crippen LogP contribution < -0.4 is 5.32 Å². The Kier molecular flexibility index (Phi) is 2.64. The Morgan fingerprint density at radius 3 is 2.53 bits per heavy atom. The van der Waals surface area contributed by atoms with Gasteiger partial charge in [-0.3, -0.25) is 0 Å². The molecular formula is C16H19N. The summed E-state index contributed by atoms with van der Waals surface area (Å²) in [5.41, 5.74) is 2.01. The average Bonchev–Trinajstić information content (AvgIpc) is 2.34. The van der Waals surface area contributed by atoms with Gasteiger partial charge in [-0.15, -0.1) is 0 Å². The fourth-order valence-corrected chi connectivity index (χ4v) is 2.83. The van der Waals surface area contributed by atoms with Crippen LogP contribution in [0.4, 0.5) is 0 Å². The van der Waals surface area contributed by atoms with Crippen LogP contribution in [0, 0.1) is 5.41 Å². The zero-order valence-electron chi connectivity index (χ0n) is 10.4. The lowest BCUT2D eigenvalue weighted by Crippen LogP contribution is -2.54. The molecule has 1 N–H and O–H groups in total. The van der Waals surface area contributed by atoms with Crippen LogP contribution in [0.15, 0.2) is 42.5 Å². The van der Waals surface area contributed by atoms with Crippen molar-refractivity contribution in [3.05, 3.63) is 48.0 Å². The molecule has 0 amide bonds. The summed E-state index contributed by atoms with van der Waals surface area (Å²) in [5, 5.41) is 6.21. The second-order valence-corrected chi connectivity index (χ2v) is 5.27. The number of hydrogen-bond donors (Lipinski definition) is 1. The van der Waals surface area contributed by atoms with Gasteiger partial charge < -0.3 is 5.32 Å². The van der Waals surface area contributed by atoms with E-state index in [0.717, 1.165) is 0 Å². The molecule has 1 aliphatic rings. The summed E-state index contributed by atoms with van der Waals surface area (Å²) in [7, 11) is 0. The fourth-order valence-electron chi connectivity index (χ4n) is 2.83. The molecule has 0 bridgehead atoms. The minimum atomic E-state index is 0.504. The quantitative estimate of drug-likeness (QED) is 0.844. The summed E-state index contributed by atoms with van der Waals surface area (Å²) in [6.07, 6.45) is 2.47. The Hall–Kier alpha value is -1.34. The van der Waals surface area contributed by atoms with Crippen LogP contribution in [0.5, 0.6) is 0 Å². The Labute approximate surface area is 103 Å². The smallest absolute Gasteiger partial charge is 0.00233 e. The maximum absolute atomic E-state index is 3.42. The van der Waals surface area contributed by atoms with Gasteiger partial charge in [-0.1, -0.05) is 49.4 Å². The summed E-state index contributed by atoms with van der Waals surface area (Å²) < 4.78 is 0. The highest BCUT2D eigenvalue weighted by Crippen LogP contribution is 2.33. The van der Waals surface area contributed by atoms with Crippen molar-refractivity contribution in [3.63, 3.8) is 0 Å². The molecule has 1 heteroatoms. The first kappa shape index (κ1) is 10.8. The topological polar surface area (TPSA) is 12.0 Å². The van der Waals surface area contributed by atoms with Gasteiger partial charge in [0.2, 0.25) is 0 Å². The highest BCUT2D eigenvalue weighted by atomic mass is 15.0. The van der Waals surface area contributed by atoms with Gasteiger partial charge in [-0.05, 0) is 34.6 Å². The predicted octanol–water partition coefficient (Wildman–Crippen LogP) is 3.38. The van der Waals surface area contributed by atoms with E-state index in [4.69, 9.17) is 0 Å². The standard InChI is InChI=1S/C16H19N/c1-2-16(11-17-12-16)10-14-8-5-7-13-6-3-4-9-15(13)14/h3-9,17H,2,10-12H2,1H3. The second kappa shape index (κ2) is 4.15. The Balaban J connectivity index is 2.00. The molecule has 1 nitrogen and oxygen atoms in total. The van der Waals surface area contributed by atoms with Crippen molar-refractivity contribution >= 4 is 10.8 Å². The van der Waals surface area contributed by atoms with E-state index in [9.17, 15) is 0 Å². The third kappa shape index (κ3) is 1.85. The maximum atomic E-state index is 3.42. The molecule has 0 saturated carbocycles. The molecule has 0 atom stereocenters. The molecule has 1 aliphatic heterocycles. The Morgan fingerprint density at radius 1 is 1.06 bits per heavy atom. The summed E-state index contributed by atoms with van der Waals surface area (Å²) in [4.78, 5) is 0. The van der Waals surface area contributed by atoms with Crippen LogP contribution in [0.1, 0.15) is 18.9 Å². The SMILES string of the molecule is CCC1(Cc2cccc3ccccc23)CNC1. The van der Waals surface area contributed by atoms with Gasteiger partial charge in [0, 0.05) is 13.1 Å². The third-order valence-electron chi connectivity index (χ3n) is 4.20. The van der Waals surface area contributed by atoms with E-state index < -0.39 is 0 Å². The normalized spacial score (nSPS) is 17.9. The molecule has 1 saturated heterocycles. The van der Waals surface area contributed by atoms with Gasteiger partial charge in [-0.2, -0.15) is 0 Å². The zero-order valence-corrected chi connectivity index (χ0v) is 10.4. The fraction of sp³-hybridized carbons (Fsp3) is 0.375. The molecule has 1 heterocycles. The predicted molar refractivity (Wildman–Crippen MR) is 73.2 cm³/mol. The number of rotatable bonds is 3. The lowest BCUT2D eigenvalue weighted by Gasteiger charge is -2.42. The van der Waals surface area contributed by atoms with E-state index in [1.165, 1.54) is 42.3 Å². The Bertz CT molecular complexity index is 515. The van der Waals surface area contributed by atoms with Crippen LogP contribution in [0.3, 0.4) is 0 Å².